The van der Waals surface area contributed by atoms with Gasteiger partial charge in [0.25, 0.3) is 5.69 Å². The lowest BCUT2D eigenvalue weighted by Gasteiger charge is -2.10. The summed E-state index contributed by atoms with van der Waals surface area (Å²) in [6.45, 7) is 2.33. The number of sulfone groups is 1. The fraction of sp³-hybridized carbons (Fsp3) is 0.278. The van der Waals surface area contributed by atoms with Crippen LogP contribution in [-0.2, 0) is 21.2 Å². The molecule has 0 atom stereocenters. The Morgan fingerprint density at radius 2 is 1.74 bits per heavy atom. The van der Waals surface area contributed by atoms with Gasteiger partial charge < -0.3 is 10.6 Å². The van der Waals surface area contributed by atoms with Crippen LogP contribution in [0.2, 0.25) is 0 Å². The molecule has 0 heterocycles. The van der Waals surface area contributed by atoms with Crippen molar-refractivity contribution in [3.05, 3.63) is 58.1 Å². The number of hydrogen-bond acceptors (Lipinski definition) is 6. The maximum atomic E-state index is 11.8. The number of rotatable bonds is 8. The van der Waals surface area contributed by atoms with Crippen molar-refractivity contribution in [2.45, 2.75) is 31.2 Å². The van der Waals surface area contributed by atoms with Crippen molar-refractivity contribution in [3.63, 3.8) is 0 Å². The number of nitrogens with zero attached hydrogens (tertiary/aromatic N) is 1. The number of hydrogen-bond donors (Lipinski definition) is 2. The Morgan fingerprint density at radius 1 is 1.11 bits per heavy atom. The minimum Gasteiger partial charge on any atom is -0.381 e. The molecule has 27 heavy (non-hydrogen) atoms. The van der Waals surface area contributed by atoms with Gasteiger partial charge in [-0.05, 0) is 36.2 Å². The highest BCUT2D eigenvalue weighted by Crippen LogP contribution is 2.27. The number of carbonyl (C=O) groups excluding carboxylic acids is 1. The van der Waals surface area contributed by atoms with E-state index in [0.29, 0.717) is 24.3 Å². The van der Waals surface area contributed by atoms with E-state index in [9.17, 15) is 23.3 Å². The lowest BCUT2D eigenvalue weighted by atomic mass is 10.2. The van der Waals surface area contributed by atoms with E-state index < -0.39 is 20.4 Å². The van der Waals surface area contributed by atoms with Crippen molar-refractivity contribution < 1.29 is 18.1 Å². The van der Waals surface area contributed by atoms with Gasteiger partial charge in [-0.15, -0.1) is 0 Å². The van der Waals surface area contributed by atoms with Gasteiger partial charge in [-0.2, -0.15) is 0 Å². The Hall–Kier alpha value is -2.94. The minimum absolute atomic E-state index is 0.0393. The summed E-state index contributed by atoms with van der Waals surface area (Å²) in [6, 6.07) is 11.1. The highest BCUT2D eigenvalue weighted by atomic mass is 32.2. The summed E-state index contributed by atoms with van der Waals surface area (Å²) in [5.41, 5.74) is 1.62. The molecule has 144 valence electrons. The zero-order chi connectivity index (χ0) is 20.0. The summed E-state index contributed by atoms with van der Waals surface area (Å²) in [6.07, 6.45) is 2.18. The predicted molar refractivity (Wildman–Crippen MR) is 104 cm³/mol. The standard InChI is InChI=1S/C18H21N3O5S/c1-3-4-18(22)20-14-7-5-13(6-8-14)12-19-15-9-10-16(21(23)24)17(11-15)27(2,25)26/h5-11,19H,3-4,12H2,1-2H3,(H,20,22). The van der Waals surface area contributed by atoms with Crippen molar-refractivity contribution in [1.82, 2.24) is 0 Å². The largest absolute Gasteiger partial charge is 0.381 e. The molecule has 8 nitrogen and oxygen atoms in total. The first-order chi connectivity index (χ1) is 12.7. The van der Waals surface area contributed by atoms with Gasteiger partial charge in [0.1, 0.15) is 4.90 Å². The van der Waals surface area contributed by atoms with E-state index in [0.717, 1.165) is 18.2 Å². The van der Waals surface area contributed by atoms with Gasteiger partial charge in [0.2, 0.25) is 5.91 Å². The molecule has 0 aromatic heterocycles. The average Bonchev–Trinajstić information content (AvgIpc) is 2.60. The molecule has 2 rings (SSSR count). The molecule has 0 bridgehead atoms. The summed E-state index contributed by atoms with van der Waals surface area (Å²) < 4.78 is 23.6. The van der Waals surface area contributed by atoms with E-state index in [2.05, 4.69) is 10.6 Å². The predicted octanol–water partition coefficient (Wildman–Crippen LogP) is 3.35. The number of amides is 1. The molecule has 0 saturated carbocycles. The second kappa shape index (κ2) is 8.63. The van der Waals surface area contributed by atoms with Crippen LogP contribution in [0, 0.1) is 10.1 Å². The first-order valence-electron chi connectivity index (χ1n) is 8.32. The molecule has 9 heteroatoms. The van der Waals surface area contributed by atoms with Gasteiger partial charge in [-0.3, -0.25) is 14.9 Å². The van der Waals surface area contributed by atoms with Crippen LogP contribution in [-0.4, -0.2) is 25.5 Å². The summed E-state index contributed by atoms with van der Waals surface area (Å²) >= 11 is 0. The normalized spacial score (nSPS) is 11.0. The fourth-order valence-corrected chi connectivity index (χ4v) is 3.30. The van der Waals surface area contributed by atoms with E-state index >= 15 is 0 Å². The van der Waals surface area contributed by atoms with Crippen molar-refractivity contribution in [1.29, 1.82) is 0 Å². The molecule has 0 spiro atoms. The lowest BCUT2D eigenvalue weighted by Crippen LogP contribution is -2.10. The zero-order valence-corrected chi connectivity index (χ0v) is 15.9. The molecule has 1 amide bonds. The Bertz CT molecular complexity index is 940. The Kier molecular flexibility index (Phi) is 6.51. The van der Waals surface area contributed by atoms with Crippen LogP contribution in [0.1, 0.15) is 25.3 Å². The SMILES string of the molecule is CCCC(=O)Nc1ccc(CNc2ccc([N+](=O)[O-])c(S(C)(=O)=O)c2)cc1. The van der Waals surface area contributed by atoms with Gasteiger partial charge >= 0.3 is 0 Å². The van der Waals surface area contributed by atoms with Gasteiger partial charge in [0.15, 0.2) is 9.84 Å². The van der Waals surface area contributed by atoms with Crippen molar-refractivity contribution >= 4 is 32.8 Å². The van der Waals surface area contributed by atoms with Crippen LogP contribution in [0.5, 0.6) is 0 Å². The first-order valence-corrected chi connectivity index (χ1v) is 10.2. The smallest absolute Gasteiger partial charge is 0.288 e. The van der Waals surface area contributed by atoms with E-state index in [-0.39, 0.29) is 10.8 Å². The molecule has 0 aliphatic rings. The van der Waals surface area contributed by atoms with Crippen LogP contribution >= 0.6 is 0 Å². The molecule has 2 aromatic carbocycles. The molecule has 2 N–H and O–H groups in total. The summed E-state index contributed by atoms with van der Waals surface area (Å²) in [4.78, 5) is 21.5. The highest BCUT2D eigenvalue weighted by molar-refractivity contribution is 7.90. The van der Waals surface area contributed by atoms with E-state index in [1.54, 1.807) is 12.1 Å². The number of benzene rings is 2. The minimum atomic E-state index is -3.73. The number of nitro groups is 1. The molecular weight excluding hydrogens is 370 g/mol. The monoisotopic (exact) mass is 391 g/mol. The maximum absolute atomic E-state index is 11.8. The molecule has 0 fully saturated rings. The van der Waals surface area contributed by atoms with E-state index in [4.69, 9.17) is 0 Å². The number of nitrogens with one attached hydrogen (secondary N) is 2. The molecule has 0 aliphatic carbocycles. The molecule has 0 radical (unpaired) electrons. The summed E-state index contributed by atoms with van der Waals surface area (Å²) in [5.74, 6) is -0.0393. The summed E-state index contributed by atoms with van der Waals surface area (Å²) in [7, 11) is -3.73. The number of anilines is 2. The van der Waals surface area contributed by atoms with Crippen molar-refractivity contribution in [3.8, 4) is 0 Å². The van der Waals surface area contributed by atoms with Gasteiger partial charge in [-0.25, -0.2) is 8.42 Å². The molecule has 0 aliphatic heterocycles. The van der Waals surface area contributed by atoms with Crippen LogP contribution in [0.15, 0.2) is 47.4 Å². The van der Waals surface area contributed by atoms with Gasteiger partial charge in [0.05, 0.1) is 4.92 Å². The van der Waals surface area contributed by atoms with Gasteiger partial charge in [-0.1, -0.05) is 19.1 Å². The van der Waals surface area contributed by atoms with Crippen LogP contribution in [0.3, 0.4) is 0 Å². The second-order valence-corrected chi connectivity index (χ2v) is 8.04. The number of nitro benzene ring substituents is 1. The maximum Gasteiger partial charge on any atom is 0.288 e. The quantitative estimate of drug-likeness (QED) is 0.526. The van der Waals surface area contributed by atoms with Crippen molar-refractivity contribution in [2.24, 2.45) is 0 Å². The van der Waals surface area contributed by atoms with E-state index in [1.165, 1.54) is 18.2 Å². The Morgan fingerprint density at radius 3 is 2.30 bits per heavy atom. The fourth-order valence-electron chi connectivity index (χ4n) is 2.43. The molecule has 0 saturated heterocycles. The first kappa shape index (κ1) is 20.4. The second-order valence-electron chi connectivity index (χ2n) is 6.06. The van der Waals surface area contributed by atoms with Crippen LogP contribution in [0.4, 0.5) is 17.1 Å². The molecular formula is C18H21N3O5S. The zero-order valence-electron chi connectivity index (χ0n) is 15.1. The third kappa shape index (κ3) is 5.78. The lowest BCUT2D eigenvalue weighted by molar-refractivity contribution is -0.387. The average molecular weight is 391 g/mol. The molecule has 0 unspecified atom stereocenters. The third-order valence-electron chi connectivity index (χ3n) is 3.77. The third-order valence-corrected chi connectivity index (χ3v) is 4.89. The van der Waals surface area contributed by atoms with E-state index in [1.807, 2.05) is 19.1 Å². The van der Waals surface area contributed by atoms with Gasteiger partial charge in [0, 0.05) is 36.7 Å². The summed E-state index contributed by atoms with van der Waals surface area (Å²) in [5, 5.41) is 16.8. The van der Waals surface area contributed by atoms with Crippen LogP contribution in [0.25, 0.3) is 0 Å². The topological polar surface area (TPSA) is 118 Å². The van der Waals surface area contributed by atoms with Crippen molar-refractivity contribution in [2.75, 3.05) is 16.9 Å². The molecule has 2 aromatic rings. The Balaban J connectivity index is 2.08. The highest BCUT2D eigenvalue weighted by Gasteiger charge is 2.22. The Labute approximate surface area is 157 Å². The van der Waals surface area contributed by atoms with Crippen LogP contribution < -0.4 is 10.6 Å². The number of carbonyl (C=O) groups is 1.